The lowest BCUT2D eigenvalue weighted by molar-refractivity contribution is 0.303. The summed E-state index contributed by atoms with van der Waals surface area (Å²) >= 11 is 0. The molecule has 0 bridgehead atoms. The zero-order valence-corrected chi connectivity index (χ0v) is 6.50. The Hall–Kier alpha value is -1.09. The van der Waals surface area contributed by atoms with E-state index in [1.807, 2.05) is 19.1 Å². The molecule has 0 radical (unpaired) electrons. The van der Waals surface area contributed by atoms with Gasteiger partial charge in [0.15, 0.2) is 0 Å². The van der Waals surface area contributed by atoms with E-state index in [9.17, 15) is 0 Å². The van der Waals surface area contributed by atoms with Crippen molar-refractivity contribution < 1.29 is 5.11 Å². The van der Waals surface area contributed by atoms with Gasteiger partial charge in [-0.2, -0.15) is 0 Å². The maximum atomic E-state index is 6.44. The highest BCUT2D eigenvalue weighted by atomic mass is 16.2. The Morgan fingerprint density at radius 3 is 3.45 bits per heavy atom. The molecule has 0 aliphatic heterocycles. The molecule has 0 spiro atoms. The maximum Gasteiger partial charge on any atom is 0.210 e. The molecule has 2 N–H and O–H groups in total. The Morgan fingerprint density at radius 1 is 1.91 bits per heavy atom. The molecular weight excluding hydrogens is 140 g/mol. The van der Waals surface area contributed by atoms with Crippen LogP contribution in [0.4, 0.5) is 0 Å². The molecule has 3 nitrogen and oxygen atoms in total. The zero-order valence-electron chi connectivity index (χ0n) is 7.50. The second-order valence-corrected chi connectivity index (χ2v) is 2.31. The molecule has 0 unspecified atom stereocenters. The summed E-state index contributed by atoms with van der Waals surface area (Å²) in [6, 6.07) is 0. The number of nitrogens with zero attached hydrogens (tertiary/aromatic N) is 1. The predicted octanol–water partition coefficient (Wildman–Crippen LogP) is 1.11. The molecule has 1 rings (SSSR count). The van der Waals surface area contributed by atoms with Gasteiger partial charge in [0.25, 0.3) is 0 Å². The minimum Gasteiger partial charge on any atom is -0.396 e. The maximum absolute atomic E-state index is 6.44. The first-order valence-corrected chi connectivity index (χ1v) is 3.59. The lowest BCUT2D eigenvalue weighted by atomic mass is 10.3. The van der Waals surface area contributed by atoms with Gasteiger partial charge >= 0.3 is 0 Å². The molecule has 60 valence electrons. The molecule has 0 fully saturated rings. The van der Waals surface area contributed by atoms with E-state index in [0.29, 0.717) is 6.61 Å². The summed E-state index contributed by atoms with van der Waals surface area (Å²) < 4.78 is 6.44. The summed E-state index contributed by atoms with van der Waals surface area (Å²) in [5.74, 6) is 0. The SMILES string of the molecule is [3H]OCC/C=C\c1nc[nH]c1C. The summed E-state index contributed by atoms with van der Waals surface area (Å²) in [7, 11) is 0. The van der Waals surface area contributed by atoms with Crippen LogP contribution >= 0.6 is 0 Å². The number of aryl methyl sites for hydroxylation is 1. The number of nitrogens with one attached hydrogen (secondary N) is 1. The molecule has 1 aromatic rings. The molecule has 1 heterocycles. The minimum atomic E-state index is 0.431. The second kappa shape index (κ2) is 3.93. The Labute approximate surface area is 67.3 Å². The van der Waals surface area contributed by atoms with Gasteiger partial charge in [0.05, 0.1) is 12.0 Å². The first-order valence-electron chi connectivity index (χ1n) is 4.00. The van der Waals surface area contributed by atoms with Crippen molar-refractivity contribution in [2.45, 2.75) is 13.3 Å². The number of H-pyrrole nitrogens is 1. The number of imidazole rings is 1. The smallest absolute Gasteiger partial charge is 0.210 e. The van der Waals surface area contributed by atoms with Crippen LogP contribution in [-0.4, -0.2) is 23.1 Å². The summed E-state index contributed by atoms with van der Waals surface area (Å²) in [6.45, 7) is 2.40. The van der Waals surface area contributed by atoms with Crippen molar-refractivity contribution in [3.05, 3.63) is 23.8 Å². The summed E-state index contributed by atoms with van der Waals surface area (Å²) in [5.41, 5.74) is 2.00. The van der Waals surface area contributed by atoms with Crippen LogP contribution in [-0.2, 0) is 0 Å². The third-order valence-corrected chi connectivity index (χ3v) is 1.43. The van der Waals surface area contributed by atoms with E-state index in [1.54, 1.807) is 6.33 Å². The predicted molar refractivity (Wildman–Crippen MR) is 44.1 cm³/mol. The van der Waals surface area contributed by atoms with Crippen LogP contribution in [0.2, 0.25) is 0 Å². The fourth-order valence-corrected chi connectivity index (χ4v) is 0.800. The highest BCUT2D eigenvalue weighted by Crippen LogP contribution is 2.02. The highest BCUT2D eigenvalue weighted by Gasteiger charge is 1.92. The summed E-state index contributed by atoms with van der Waals surface area (Å²) in [6.07, 6.45) is 6.27. The third-order valence-electron chi connectivity index (χ3n) is 1.43. The van der Waals surface area contributed by atoms with Crippen molar-refractivity contribution in [2.24, 2.45) is 0 Å². The van der Waals surface area contributed by atoms with Crippen molar-refractivity contribution in [2.75, 3.05) is 6.61 Å². The minimum absolute atomic E-state index is 0.431. The third kappa shape index (κ3) is 2.20. The van der Waals surface area contributed by atoms with Gasteiger partial charge in [-0.1, -0.05) is 6.08 Å². The van der Waals surface area contributed by atoms with Crippen LogP contribution in [0.25, 0.3) is 6.08 Å². The Kier molecular flexibility index (Phi) is 2.36. The molecule has 0 aliphatic carbocycles. The van der Waals surface area contributed by atoms with Crippen LogP contribution in [0.3, 0.4) is 0 Å². The number of hydrogen-bond acceptors (Lipinski definition) is 2. The lowest BCUT2D eigenvalue weighted by Gasteiger charge is -1.86. The van der Waals surface area contributed by atoms with Gasteiger partial charge in [-0.25, -0.2) is 4.98 Å². The summed E-state index contributed by atoms with van der Waals surface area (Å²) in [5, 5.41) is 4.16. The van der Waals surface area contributed by atoms with E-state index in [1.165, 1.54) is 0 Å². The molecule has 0 saturated carbocycles. The standard InChI is InChI=1S/C8H12N2O/c1-7-8(10-6-9-7)4-2-3-5-11/h2,4,6,11H,3,5H2,1H3,(H,9,10)/b4-2-/i11T. The van der Waals surface area contributed by atoms with E-state index < -0.39 is 0 Å². The normalized spacial score (nSPS) is 12.3. The van der Waals surface area contributed by atoms with Gasteiger partial charge in [0.1, 0.15) is 0 Å². The Bertz CT molecular complexity index is 257. The number of rotatable bonds is 4. The second-order valence-electron chi connectivity index (χ2n) is 2.31. The number of aliphatic hydroxyl groups excluding tert-OH is 1. The van der Waals surface area contributed by atoms with Crippen LogP contribution in [0.15, 0.2) is 12.4 Å². The van der Waals surface area contributed by atoms with E-state index in [2.05, 4.69) is 15.1 Å². The number of aromatic amines is 1. The van der Waals surface area contributed by atoms with Gasteiger partial charge in [0, 0.05) is 12.3 Å². The van der Waals surface area contributed by atoms with Crippen molar-refractivity contribution in [1.82, 2.24) is 9.97 Å². The number of aliphatic hydroxyl groups is 1. The fraction of sp³-hybridized carbons (Fsp3) is 0.375. The van der Waals surface area contributed by atoms with Crippen molar-refractivity contribution in [3.8, 4) is 0 Å². The van der Waals surface area contributed by atoms with E-state index >= 15 is 0 Å². The van der Waals surface area contributed by atoms with E-state index in [4.69, 9.17) is 1.43 Å². The number of aromatic nitrogens is 2. The van der Waals surface area contributed by atoms with Gasteiger partial charge < -0.3 is 10.1 Å². The van der Waals surface area contributed by atoms with Crippen molar-refractivity contribution in [3.63, 3.8) is 0 Å². The van der Waals surface area contributed by atoms with Crippen LogP contribution < -0.4 is 0 Å². The molecule has 0 amide bonds. The first kappa shape index (κ1) is 6.61. The lowest BCUT2D eigenvalue weighted by Crippen LogP contribution is -1.78. The van der Waals surface area contributed by atoms with Gasteiger partial charge in [0.2, 0.25) is 1.43 Å². The largest absolute Gasteiger partial charge is 0.396 e. The van der Waals surface area contributed by atoms with Crippen LogP contribution in [0.1, 0.15) is 17.8 Å². The zero-order chi connectivity index (χ0) is 8.81. The van der Waals surface area contributed by atoms with Gasteiger partial charge in [-0.05, 0) is 19.4 Å². The Morgan fingerprint density at radius 2 is 2.82 bits per heavy atom. The molecule has 3 heteroatoms. The van der Waals surface area contributed by atoms with Gasteiger partial charge in [-0.15, -0.1) is 0 Å². The molecular formula is C8H12N2O. The Balaban J connectivity index is 2.41. The van der Waals surface area contributed by atoms with Crippen molar-refractivity contribution in [1.29, 1.82) is 1.43 Å². The molecule has 11 heavy (non-hydrogen) atoms. The van der Waals surface area contributed by atoms with Gasteiger partial charge in [-0.3, -0.25) is 0 Å². The molecule has 0 saturated heterocycles. The monoisotopic (exact) mass is 154 g/mol. The van der Waals surface area contributed by atoms with Crippen LogP contribution in [0, 0.1) is 6.92 Å². The fourth-order valence-electron chi connectivity index (χ4n) is 0.800. The molecule has 1 aromatic heterocycles. The molecule has 0 aliphatic rings. The molecule has 0 aromatic carbocycles. The number of hydrogen-bond donors (Lipinski definition) is 2. The summed E-state index contributed by atoms with van der Waals surface area (Å²) in [4.78, 5) is 7.06. The van der Waals surface area contributed by atoms with E-state index in [0.717, 1.165) is 17.8 Å². The highest BCUT2D eigenvalue weighted by molar-refractivity contribution is 5.46. The molecule has 0 atom stereocenters. The average molecular weight is 154 g/mol. The van der Waals surface area contributed by atoms with Crippen molar-refractivity contribution >= 4 is 6.08 Å². The quantitative estimate of drug-likeness (QED) is 0.638. The first-order chi connectivity index (χ1) is 5.84. The topological polar surface area (TPSA) is 48.9 Å². The van der Waals surface area contributed by atoms with Crippen LogP contribution in [0.5, 0.6) is 0 Å². The van der Waals surface area contributed by atoms with E-state index in [-0.39, 0.29) is 0 Å². The average Bonchev–Trinajstić information content (AvgIpc) is 2.46.